The summed E-state index contributed by atoms with van der Waals surface area (Å²) < 4.78 is 0. The molecular weight excluding hydrogens is 252 g/mol. The van der Waals surface area contributed by atoms with Crippen LogP contribution in [0, 0.1) is 6.92 Å². The van der Waals surface area contributed by atoms with E-state index in [1.54, 1.807) is 19.3 Å². The van der Waals surface area contributed by atoms with Crippen LogP contribution in [0.4, 0.5) is 5.69 Å². The van der Waals surface area contributed by atoms with Gasteiger partial charge in [0.15, 0.2) is 0 Å². The Morgan fingerprint density at radius 2 is 2.00 bits per heavy atom. The zero-order valence-electron chi connectivity index (χ0n) is 11.7. The van der Waals surface area contributed by atoms with Crippen molar-refractivity contribution in [3.05, 3.63) is 52.8 Å². The molecule has 1 aromatic carbocycles. The van der Waals surface area contributed by atoms with Crippen LogP contribution in [0.1, 0.15) is 29.3 Å². The van der Waals surface area contributed by atoms with Crippen molar-refractivity contribution in [3.8, 4) is 5.75 Å². The van der Waals surface area contributed by atoms with Gasteiger partial charge in [-0.1, -0.05) is 25.1 Å². The smallest absolute Gasteiger partial charge is 0.145 e. The van der Waals surface area contributed by atoms with Crippen LogP contribution in [0.5, 0.6) is 5.75 Å². The third kappa shape index (κ3) is 2.86. The number of nitrogens with zero attached hydrogens (tertiary/aromatic N) is 2. The second kappa shape index (κ2) is 6.30. The average Bonchev–Trinajstić information content (AvgIpc) is 2.49. The van der Waals surface area contributed by atoms with Crippen LogP contribution >= 0.6 is 0 Å². The van der Waals surface area contributed by atoms with Crippen molar-refractivity contribution in [1.82, 2.24) is 4.98 Å². The standard InChI is InChI=1S/C16H18N2O2/c1-3-12-6-4-5-7-15(12)18-9-14-13(10-19)8-17-11(2)16(14)20/h4-9,19-20H,3,10H2,1-2H3. The van der Waals surface area contributed by atoms with E-state index in [-0.39, 0.29) is 12.4 Å². The highest BCUT2D eigenvalue weighted by atomic mass is 16.3. The lowest BCUT2D eigenvalue weighted by atomic mass is 10.1. The van der Waals surface area contributed by atoms with E-state index in [2.05, 4.69) is 16.9 Å². The Balaban J connectivity index is 2.43. The third-order valence-corrected chi connectivity index (χ3v) is 3.23. The number of hydrogen-bond acceptors (Lipinski definition) is 4. The summed E-state index contributed by atoms with van der Waals surface area (Å²) in [6.45, 7) is 3.60. The lowest BCUT2D eigenvalue weighted by Crippen LogP contribution is -1.97. The van der Waals surface area contributed by atoms with Gasteiger partial charge in [0.05, 0.1) is 18.0 Å². The molecule has 2 rings (SSSR count). The Morgan fingerprint density at radius 1 is 1.25 bits per heavy atom. The van der Waals surface area contributed by atoms with Crippen molar-refractivity contribution in [2.75, 3.05) is 0 Å². The van der Waals surface area contributed by atoms with Crippen LogP contribution in [-0.2, 0) is 13.0 Å². The Kier molecular flexibility index (Phi) is 4.48. The molecule has 0 bridgehead atoms. The van der Waals surface area contributed by atoms with Gasteiger partial charge in [0.25, 0.3) is 0 Å². The van der Waals surface area contributed by atoms with E-state index in [0.717, 1.165) is 17.7 Å². The lowest BCUT2D eigenvalue weighted by Gasteiger charge is -2.07. The minimum absolute atomic E-state index is 0.0641. The van der Waals surface area contributed by atoms with E-state index in [9.17, 15) is 10.2 Å². The number of aliphatic hydroxyl groups is 1. The highest BCUT2D eigenvalue weighted by Crippen LogP contribution is 2.24. The highest BCUT2D eigenvalue weighted by Gasteiger charge is 2.09. The van der Waals surface area contributed by atoms with E-state index in [1.807, 2.05) is 24.3 Å². The quantitative estimate of drug-likeness (QED) is 0.839. The van der Waals surface area contributed by atoms with E-state index < -0.39 is 0 Å². The minimum atomic E-state index is -0.183. The summed E-state index contributed by atoms with van der Waals surface area (Å²) in [4.78, 5) is 8.46. The average molecular weight is 270 g/mol. The first kappa shape index (κ1) is 14.2. The van der Waals surface area contributed by atoms with Crippen molar-refractivity contribution >= 4 is 11.9 Å². The van der Waals surface area contributed by atoms with Gasteiger partial charge in [0.2, 0.25) is 0 Å². The molecule has 0 aliphatic rings. The summed E-state index contributed by atoms with van der Waals surface area (Å²) in [7, 11) is 0. The van der Waals surface area contributed by atoms with Crippen LogP contribution in [0.2, 0.25) is 0 Å². The predicted molar refractivity (Wildman–Crippen MR) is 79.6 cm³/mol. The summed E-state index contributed by atoms with van der Waals surface area (Å²) in [5.74, 6) is 0.0641. The first-order chi connectivity index (χ1) is 9.67. The van der Waals surface area contributed by atoms with Crippen LogP contribution in [-0.4, -0.2) is 21.4 Å². The van der Waals surface area contributed by atoms with Gasteiger partial charge in [-0.25, -0.2) is 0 Å². The predicted octanol–water partition coefficient (Wildman–Crippen LogP) is 2.90. The van der Waals surface area contributed by atoms with Gasteiger partial charge in [0.1, 0.15) is 5.75 Å². The second-order valence-electron chi connectivity index (χ2n) is 4.53. The Bertz CT molecular complexity index is 636. The van der Waals surface area contributed by atoms with E-state index >= 15 is 0 Å². The largest absolute Gasteiger partial charge is 0.505 e. The van der Waals surface area contributed by atoms with Gasteiger partial charge in [-0.15, -0.1) is 0 Å². The summed E-state index contributed by atoms with van der Waals surface area (Å²) in [6, 6.07) is 7.86. The van der Waals surface area contributed by atoms with Gasteiger partial charge in [-0.05, 0) is 25.0 Å². The molecular formula is C16H18N2O2. The Hall–Kier alpha value is -2.20. The maximum Gasteiger partial charge on any atom is 0.145 e. The molecule has 0 radical (unpaired) electrons. The second-order valence-corrected chi connectivity index (χ2v) is 4.53. The van der Waals surface area contributed by atoms with E-state index in [1.165, 1.54) is 0 Å². The van der Waals surface area contributed by atoms with Gasteiger partial charge < -0.3 is 10.2 Å². The van der Waals surface area contributed by atoms with Gasteiger partial charge in [-0.2, -0.15) is 0 Å². The summed E-state index contributed by atoms with van der Waals surface area (Å²) in [5, 5.41) is 19.4. The molecule has 0 spiro atoms. The van der Waals surface area contributed by atoms with E-state index in [4.69, 9.17) is 0 Å². The summed E-state index contributed by atoms with van der Waals surface area (Å²) >= 11 is 0. The van der Waals surface area contributed by atoms with Crippen LogP contribution in [0.15, 0.2) is 35.5 Å². The number of para-hydroxylation sites is 1. The summed E-state index contributed by atoms with van der Waals surface area (Å²) in [6.07, 6.45) is 4.04. The number of aliphatic imine (C=N–C) groups is 1. The topological polar surface area (TPSA) is 65.7 Å². The number of benzene rings is 1. The molecule has 0 aliphatic carbocycles. The first-order valence-electron chi connectivity index (χ1n) is 6.57. The molecule has 0 saturated carbocycles. The summed E-state index contributed by atoms with van der Waals surface area (Å²) in [5.41, 5.74) is 3.61. The molecule has 4 nitrogen and oxygen atoms in total. The fourth-order valence-electron chi connectivity index (χ4n) is 1.99. The van der Waals surface area contributed by atoms with Crippen molar-refractivity contribution in [3.63, 3.8) is 0 Å². The molecule has 2 N–H and O–H groups in total. The lowest BCUT2D eigenvalue weighted by molar-refractivity contribution is 0.280. The molecule has 1 heterocycles. The molecule has 4 heteroatoms. The van der Waals surface area contributed by atoms with Crippen LogP contribution in [0.3, 0.4) is 0 Å². The molecule has 0 aliphatic heterocycles. The third-order valence-electron chi connectivity index (χ3n) is 3.23. The molecule has 0 unspecified atom stereocenters. The molecule has 0 fully saturated rings. The van der Waals surface area contributed by atoms with Crippen molar-refractivity contribution in [1.29, 1.82) is 0 Å². The van der Waals surface area contributed by atoms with Crippen LogP contribution in [0.25, 0.3) is 0 Å². The number of rotatable bonds is 4. The van der Waals surface area contributed by atoms with Crippen LogP contribution < -0.4 is 0 Å². The Morgan fingerprint density at radius 3 is 2.70 bits per heavy atom. The molecule has 0 saturated heterocycles. The van der Waals surface area contributed by atoms with Gasteiger partial charge in [-0.3, -0.25) is 9.98 Å². The molecule has 20 heavy (non-hydrogen) atoms. The van der Waals surface area contributed by atoms with E-state index in [0.29, 0.717) is 16.8 Å². The fourth-order valence-corrected chi connectivity index (χ4v) is 1.99. The zero-order chi connectivity index (χ0) is 14.5. The van der Waals surface area contributed by atoms with Crippen molar-refractivity contribution < 1.29 is 10.2 Å². The number of pyridine rings is 1. The monoisotopic (exact) mass is 270 g/mol. The van der Waals surface area contributed by atoms with Crippen molar-refractivity contribution in [2.45, 2.75) is 26.9 Å². The molecule has 0 amide bonds. The molecule has 2 aromatic rings. The normalized spacial score (nSPS) is 11.2. The maximum absolute atomic E-state index is 10.0. The van der Waals surface area contributed by atoms with Crippen molar-refractivity contribution in [2.24, 2.45) is 4.99 Å². The minimum Gasteiger partial charge on any atom is -0.505 e. The number of aliphatic hydroxyl groups excluding tert-OH is 1. The molecule has 1 aromatic heterocycles. The number of aromatic nitrogens is 1. The first-order valence-corrected chi connectivity index (χ1v) is 6.57. The fraction of sp³-hybridized carbons (Fsp3) is 0.250. The number of aromatic hydroxyl groups is 1. The number of hydrogen-bond donors (Lipinski definition) is 2. The maximum atomic E-state index is 10.0. The van der Waals surface area contributed by atoms with Gasteiger partial charge in [0, 0.05) is 23.5 Å². The highest BCUT2D eigenvalue weighted by molar-refractivity contribution is 5.87. The molecule has 104 valence electrons. The number of aryl methyl sites for hydroxylation is 2. The van der Waals surface area contributed by atoms with Gasteiger partial charge >= 0.3 is 0 Å². The Labute approximate surface area is 118 Å². The molecule has 0 atom stereocenters. The zero-order valence-corrected chi connectivity index (χ0v) is 11.7. The SMILES string of the molecule is CCc1ccccc1N=Cc1c(CO)cnc(C)c1O.